The van der Waals surface area contributed by atoms with Crippen molar-refractivity contribution >= 4 is 55.8 Å². The largest absolute Gasteiger partial charge is 0.476 e. The standard InChI is InChI=1S/C14H24BN2O2S.C12H18BN2O4S.CH4/c1-5-6-17(15-9-18)12(10(2)3)7-13(19)14-16-11(4)8-20-14;1-7(2)9(15(3)13-6-16)4-10(17)11-14-8(5-20-11)12(18)19;/h8-10,12-13,19H,5-7H2,1-4H3;5-7,9-10,17H,4H2,1-3H3,(H,18,19);1H4/t12-,13-;9-,10-;/m11./s1. The van der Waals surface area contributed by atoms with Gasteiger partial charge in [0.1, 0.15) is 22.2 Å². The van der Waals surface area contributed by atoms with Gasteiger partial charge in [0.25, 0.3) is 14.8 Å². The third kappa shape index (κ3) is 13.3. The van der Waals surface area contributed by atoms with E-state index in [0.29, 0.717) is 30.0 Å². The number of carbonyl (C=O) groups excluding carboxylic acids is 2. The number of thiazole rings is 2. The maximum atomic E-state index is 10.8. The molecule has 4 atom stereocenters. The minimum absolute atomic E-state index is 0. The van der Waals surface area contributed by atoms with Gasteiger partial charge < -0.3 is 34.5 Å². The Morgan fingerprint density at radius 2 is 1.46 bits per heavy atom. The zero-order valence-electron chi connectivity index (χ0n) is 24.4. The highest BCUT2D eigenvalue weighted by atomic mass is 32.1. The third-order valence-corrected chi connectivity index (χ3v) is 8.41. The topological polar surface area (TPSA) is 144 Å². The van der Waals surface area contributed by atoms with E-state index in [4.69, 9.17) is 5.11 Å². The molecule has 228 valence electrons. The number of hydrogen-bond donors (Lipinski definition) is 3. The molecule has 2 aromatic rings. The molecular weight excluding hydrogens is 562 g/mol. The third-order valence-electron chi connectivity index (χ3n) is 6.40. The van der Waals surface area contributed by atoms with Crippen molar-refractivity contribution in [3.8, 4) is 0 Å². The molecule has 0 saturated heterocycles. The van der Waals surface area contributed by atoms with E-state index >= 15 is 0 Å². The Hall–Kier alpha value is -1.96. The van der Waals surface area contributed by atoms with Crippen LogP contribution in [0.1, 0.15) is 99.7 Å². The van der Waals surface area contributed by atoms with Crippen LogP contribution in [0.5, 0.6) is 0 Å². The van der Waals surface area contributed by atoms with Crippen molar-refractivity contribution < 1.29 is 29.7 Å². The summed E-state index contributed by atoms with van der Waals surface area (Å²) in [7, 11) is 4.78. The fourth-order valence-corrected chi connectivity index (χ4v) is 5.90. The van der Waals surface area contributed by atoms with Gasteiger partial charge in [-0.3, -0.25) is 0 Å². The summed E-state index contributed by atoms with van der Waals surface area (Å²) in [6.45, 7) is 13.1. The van der Waals surface area contributed by atoms with Gasteiger partial charge in [0.05, 0.1) is 12.4 Å². The fraction of sp³-hybridized carbons (Fsp3) is 0.667. The zero-order chi connectivity index (χ0) is 30.4. The van der Waals surface area contributed by atoms with Crippen molar-refractivity contribution in [3.05, 3.63) is 32.2 Å². The van der Waals surface area contributed by atoms with Gasteiger partial charge in [-0.25, -0.2) is 14.8 Å². The van der Waals surface area contributed by atoms with Crippen LogP contribution in [0, 0.1) is 18.8 Å². The van der Waals surface area contributed by atoms with Crippen molar-refractivity contribution in [1.29, 1.82) is 0 Å². The summed E-state index contributed by atoms with van der Waals surface area (Å²) in [6, 6.07) is 0.103. The van der Waals surface area contributed by atoms with Gasteiger partial charge >= 0.3 is 5.97 Å². The SMILES string of the molecule is C.CC(C)[C@@H](C[C@@H](O)c1nc(C(=O)O)cs1)N(C)[B]C=O.CCCN([B]C=O)[C@H](C[C@@H](O)c1nc(C)cs1)C(C)C. The smallest absolute Gasteiger partial charge is 0.355 e. The van der Waals surface area contributed by atoms with Crippen LogP contribution in [0.25, 0.3) is 0 Å². The van der Waals surface area contributed by atoms with Gasteiger partial charge in [-0.1, -0.05) is 42.0 Å². The second-order valence-corrected chi connectivity index (χ2v) is 12.1. The summed E-state index contributed by atoms with van der Waals surface area (Å²) in [4.78, 5) is 44.2. The monoisotopic (exact) mass is 608 g/mol. The number of carboxylic acids is 1. The predicted octanol–water partition coefficient (Wildman–Crippen LogP) is 4.09. The van der Waals surface area contributed by atoms with E-state index in [1.165, 1.54) is 24.1 Å². The van der Waals surface area contributed by atoms with Crippen molar-refractivity contribution in [2.45, 2.75) is 92.5 Å². The van der Waals surface area contributed by atoms with E-state index in [-0.39, 0.29) is 31.1 Å². The molecular formula is C27H46B2N4O6S2. The molecule has 2 aromatic heterocycles. The molecule has 41 heavy (non-hydrogen) atoms. The molecule has 3 N–H and O–H groups in total. The fourth-order valence-electron chi connectivity index (χ4n) is 4.32. The van der Waals surface area contributed by atoms with Crippen LogP contribution >= 0.6 is 22.7 Å². The molecule has 0 aliphatic heterocycles. The number of aliphatic hydroxyl groups excluding tert-OH is 2. The average molecular weight is 608 g/mol. The molecule has 2 heterocycles. The molecule has 2 radical (unpaired) electrons. The van der Waals surface area contributed by atoms with Crippen LogP contribution in [-0.2, 0) is 9.59 Å². The van der Waals surface area contributed by atoms with Crippen LogP contribution < -0.4 is 0 Å². The summed E-state index contributed by atoms with van der Waals surface area (Å²) in [6.07, 6.45) is 2.06. The highest BCUT2D eigenvalue weighted by Crippen LogP contribution is 2.28. The van der Waals surface area contributed by atoms with E-state index in [2.05, 4.69) is 30.7 Å². The van der Waals surface area contributed by atoms with Crippen molar-refractivity contribution in [2.75, 3.05) is 13.6 Å². The Balaban J connectivity index is 0.000000762. The molecule has 0 aliphatic carbocycles. The van der Waals surface area contributed by atoms with Gasteiger partial charge in [0.15, 0.2) is 5.69 Å². The average Bonchev–Trinajstić information content (AvgIpc) is 3.55. The first-order valence-corrected chi connectivity index (χ1v) is 15.1. The molecule has 0 saturated carbocycles. The molecule has 14 heteroatoms. The molecule has 0 fully saturated rings. The lowest BCUT2D eigenvalue weighted by atomic mass is 9.85. The van der Waals surface area contributed by atoms with Crippen molar-refractivity contribution in [3.63, 3.8) is 0 Å². The van der Waals surface area contributed by atoms with E-state index in [1.54, 1.807) is 19.3 Å². The second-order valence-electron chi connectivity index (χ2n) is 10.3. The first-order chi connectivity index (χ1) is 18.9. The summed E-state index contributed by atoms with van der Waals surface area (Å²) >= 11 is 2.61. The van der Waals surface area contributed by atoms with Crippen molar-refractivity contribution in [2.24, 2.45) is 11.8 Å². The lowest BCUT2D eigenvalue weighted by Crippen LogP contribution is -2.43. The molecule has 0 amide bonds. The molecule has 0 bridgehead atoms. The minimum Gasteiger partial charge on any atom is -0.476 e. The number of aliphatic hydroxyl groups is 2. The van der Waals surface area contributed by atoms with E-state index in [0.717, 1.165) is 41.2 Å². The Kier molecular flexibility index (Phi) is 19.1. The summed E-state index contributed by atoms with van der Waals surface area (Å²) in [5.41, 5.74) is 0.882. The number of carbonyl (C=O) groups is 3. The molecule has 0 spiro atoms. The minimum atomic E-state index is -1.11. The summed E-state index contributed by atoms with van der Waals surface area (Å²) < 4.78 is 0. The second kappa shape index (κ2) is 20.0. The number of aromatic carboxylic acids is 1. The number of carboxylic acid groups (broad SMARTS) is 1. The zero-order valence-corrected chi connectivity index (χ0v) is 26.1. The van der Waals surface area contributed by atoms with Crippen LogP contribution in [0.15, 0.2) is 10.8 Å². The van der Waals surface area contributed by atoms with Gasteiger partial charge in [0.2, 0.25) is 0 Å². The highest BCUT2D eigenvalue weighted by molar-refractivity contribution is 7.10. The van der Waals surface area contributed by atoms with Gasteiger partial charge in [-0.2, -0.15) is 0 Å². The van der Waals surface area contributed by atoms with E-state index in [9.17, 15) is 24.6 Å². The Morgan fingerprint density at radius 3 is 1.88 bits per heavy atom. The van der Waals surface area contributed by atoms with Crippen molar-refractivity contribution in [1.82, 2.24) is 19.6 Å². The Morgan fingerprint density at radius 1 is 0.951 bits per heavy atom. The number of nitrogens with zero attached hydrogens (tertiary/aromatic N) is 4. The highest BCUT2D eigenvalue weighted by Gasteiger charge is 2.27. The van der Waals surface area contributed by atoms with Crippen LogP contribution in [0.4, 0.5) is 0 Å². The van der Waals surface area contributed by atoms with E-state index in [1.807, 2.05) is 31.0 Å². The number of aryl methyl sites for hydroxylation is 1. The molecule has 0 aromatic carbocycles. The van der Waals surface area contributed by atoms with Gasteiger partial charge in [-0.05, 0) is 51.6 Å². The normalized spacial score (nSPS) is 14.1. The Bertz CT molecular complexity index is 1040. The molecule has 0 unspecified atom stereocenters. The lowest BCUT2D eigenvalue weighted by Gasteiger charge is -2.34. The summed E-state index contributed by atoms with van der Waals surface area (Å²) in [5.74, 6) is -0.523. The van der Waals surface area contributed by atoms with Crippen LogP contribution in [0.2, 0.25) is 0 Å². The summed E-state index contributed by atoms with van der Waals surface area (Å²) in [5, 5.41) is 33.9. The predicted molar refractivity (Wildman–Crippen MR) is 169 cm³/mol. The molecule has 0 aliphatic rings. The lowest BCUT2D eigenvalue weighted by molar-refractivity contribution is 0.0690. The van der Waals surface area contributed by atoms with Gasteiger partial charge in [-0.15, -0.1) is 22.7 Å². The maximum Gasteiger partial charge on any atom is 0.355 e. The maximum absolute atomic E-state index is 10.8. The van der Waals surface area contributed by atoms with Gasteiger partial charge in [0, 0.05) is 28.5 Å². The number of rotatable bonds is 17. The number of aromatic nitrogens is 2. The first kappa shape index (κ1) is 39.0. The Labute approximate surface area is 254 Å². The molecule has 10 nitrogen and oxygen atoms in total. The van der Waals surface area contributed by atoms with E-state index < -0.39 is 18.2 Å². The quantitative estimate of drug-likeness (QED) is 0.178. The van der Waals surface area contributed by atoms with Crippen LogP contribution in [0.3, 0.4) is 0 Å². The van der Waals surface area contributed by atoms with Crippen LogP contribution in [-0.4, -0.2) is 93.8 Å². The molecule has 2 rings (SSSR count). The first-order valence-electron chi connectivity index (χ1n) is 13.4. The number of hydrogen-bond acceptors (Lipinski definition) is 11.